The van der Waals surface area contributed by atoms with Crippen LogP contribution in [0.25, 0.3) is 0 Å². The number of nitrogens with zero attached hydrogens (tertiary/aromatic N) is 2. The lowest BCUT2D eigenvalue weighted by atomic mass is 9.90. The van der Waals surface area contributed by atoms with Crippen molar-refractivity contribution in [1.29, 1.82) is 0 Å². The highest BCUT2D eigenvalue weighted by atomic mass is 16.5. The van der Waals surface area contributed by atoms with Crippen LogP contribution in [-0.2, 0) is 4.74 Å². The van der Waals surface area contributed by atoms with E-state index in [1.54, 1.807) is 7.11 Å². The SMILES string of the molecule is COCCN(C)C1CCC(N(C)C)CC1. The fourth-order valence-corrected chi connectivity index (χ4v) is 2.43. The van der Waals surface area contributed by atoms with Crippen LogP contribution in [0, 0.1) is 0 Å². The standard InChI is InChI=1S/C12H26N2O/c1-13(2)11-5-7-12(8-6-11)14(3)9-10-15-4/h11-12H,5-10H2,1-4H3. The van der Waals surface area contributed by atoms with Gasteiger partial charge in [0.25, 0.3) is 0 Å². The molecule has 0 bridgehead atoms. The van der Waals surface area contributed by atoms with Gasteiger partial charge in [-0.2, -0.15) is 0 Å². The van der Waals surface area contributed by atoms with Crippen molar-refractivity contribution in [1.82, 2.24) is 9.80 Å². The Kier molecular flexibility index (Phi) is 5.58. The van der Waals surface area contributed by atoms with Crippen molar-refractivity contribution >= 4 is 0 Å². The Balaban J connectivity index is 2.24. The quantitative estimate of drug-likeness (QED) is 0.689. The molecule has 0 saturated heterocycles. The molecule has 3 nitrogen and oxygen atoms in total. The van der Waals surface area contributed by atoms with Crippen LogP contribution >= 0.6 is 0 Å². The van der Waals surface area contributed by atoms with E-state index < -0.39 is 0 Å². The van der Waals surface area contributed by atoms with E-state index in [0.717, 1.165) is 25.2 Å². The minimum absolute atomic E-state index is 0.774. The Hall–Kier alpha value is -0.120. The van der Waals surface area contributed by atoms with Crippen LogP contribution in [0.3, 0.4) is 0 Å². The Morgan fingerprint density at radius 3 is 2.00 bits per heavy atom. The van der Waals surface area contributed by atoms with E-state index >= 15 is 0 Å². The number of hydrogen-bond donors (Lipinski definition) is 0. The zero-order valence-corrected chi connectivity index (χ0v) is 10.7. The first kappa shape index (κ1) is 12.9. The van der Waals surface area contributed by atoms with Crippen LogP contribution in [0.4, 0.5) is 0 Å². The lowest BCUT2D eigenvalue weighted by Gasteiger charge is -2.37. The molecule has 0 aromatic rings. The van der Waals surface area contributed by atoms with Crippen LogP contribution in [-0.4, -0.2) is 63.3 Å². The molecule has 0 aromatic carbocycles. The summed E-state index contributed by atoms with van der Waals surface area (Å²) in [6, 6.07) is 1.58. The molecule has 1 fully saturated rings. The van der Waals surface area contributed by atoms with Crippen molar-refractivity contribution in [2.75, 3.05) is 41.4 Å². The molecule has 1 saturated carbocycles. The summed E-state index contributed by atoms with van der Waals surface area (Å²) in [5.74, 6) is 0. The Labute approximate surface area is 94.4 Å². The first-order chi connectivity index (χ1) is 7.15. The zero-order chi connectivity index (χ0) is 11.3. The van der Waals surface area contributed by atoms with E-state index in [-0.39, 0.29) is 0 Å². The van der Waals surface area contributed by atoms with E-state index in [0.29, 0.717) is 0 Å². The van der Waals surface area contributed by atoms with Crippen LogP contribution in [0.15, 0.2) is 0 Å². The normalized spacial score (nSPS) is 27.6. The lowest BCUT2D eigenvalue weighted by Crippen LogP contribution is -2.41. The highest BCUT2D eigenvalue weighted by Crippen LogP contribution is 2.24. The molecule has 1 aliphatic carbocycles. The predicted molar refractivity (Wildman–Crippen MR) is 64.2 cm³/mol. The second-order valence-electron chi connectivity index (χ2n) is 4.90. The minimum atomic E-state index is 0.774. The number of rotatable bonds is 5. The number of ether oxygens (including phenoxy) is 1. The summed E-state index contributed by atoms with van der Waals surface area (Å²) in [5.41, 5.74) is 0. The Morgan fingerprint density at radius 2 is 1.53 bits per heavy atom. The van der Waals surface area contributed by atoms with Crippen molar-refractivity contribution in [3.05, 3.63) is 0 Å². The molecule has 15 heavy (non-hydrogen) atoms. The van der Waals surface area contributed by atoms with Crippen LogP contribution in [0.5, 0.6) is 0 Å². The molecule has 0 aromatic heterocycles. The van der Waals surface area contributed by atoms with Gasteiger partial charge in [-0.05, 0) is 46.8 Å². The van der Waals surface area contributed by atoms with Gasteiger partial charge in [0.2, 0.25) is 0 Å². The van der Waals surface area contributed by atoms with E-state index in [4.69, 9.17) is 4.74 Å². The van der Waals surface area contributed by atoms with E-state index in [1.165, 1.54) is 25.7 Å². The first-order valence-corrected chi connectivity index (χ1v) is 6.00. The van der Waals surface area contributed by atoms with E-state index in [9.17, 15) is 0 Å². The maximum Gasteiger partial charge on any atom is 0.0589 e. The summed E-state index contributed by atoms with van der Waals surface area (Å²) in [4.78, 5) is 4.82. The molecule has 1 rings (SSSR count). The molecule has 0 heterocycles. The van der Waals surface area contributed by atoms with Gasteiger partial charge in [-0.25, -0.2) is 0 Å². The topological polar surface area (TPSA) is 15.7 Å². The minimum Gasteiger partial charge on any atom is -0.383 e. The third-order valence-electron chi connectivity index (χ3n) is 3.67. The van der Waals surface area contributed by atoms with Gasteiger partial charge in [0.05, 0.1) is 6.61 Å². The summed E-state index contributed by atoms with van der Waals surface area (Å²) < 4.78 is 5.11. The number of hydrogen-bond acceptors (Lipinski definition) is 3. The second-order valence-corrected chi connectivity index (χ2v) is 4.90. The molecule has 0 spiro atoms. The van der Waals surface area contributed by atoms with Crippen molar-refractivity contribution in [2.45, 2.75) is 37.8 Å². The van der Waals surface area contributed by atoms with Crippen LogP contribution < -0.4 is 0 Å². The van der Waals surface area contributed by atoms with Gasteiger partial charge in [-0.15, -0.1) is 0 Å². The fourth-order valence-electron chi connectivity index (χ4n) is 2.43. The maximum absolute atomic E-state index is 5.11. The molecule has 0 aliphatic heterocycles. The smallest absolute Gasteiger partial charge is 0.0589 e. The lowest BCUT2D eigenvalue weighted by molar-refractivity contribution is 0.103. The third kappa shape index (κ3) is 4.09. The molecule has 1 aliphatic rings. The van der Waals surface area contributed by atoms with Crippen molar-refractivity contribution in [3.8, 4) is 0 Å². The molecule has 3 heteroatoms. The highest BCUT2D eigenvalue weighted by Gasteiger charge is 2.24. The van der Waals surface area contributed by atoms with Gasteiger partial charge in [0, 0.05) is 25.7 Å². The molecular formula is C12H26N2O. The highest BCUT2D eigenvalue weighted by molar-refractivity contribution is 4.81. The molecular weight excluding hydrogens is 188 g/mol. The molecule has 0 N–H and O–H groups in total. The average molecular weight is 214 g/mol. The average Bonchev–Trinajstić information content (AvgIpc) is 2.26. The van der Waals surface area contributed by atoms with Gasteiger partial charge >= 0.3 is 0 Å². The second kappa shape index (κ2) is 6.46. The van der Waals surface area contributed by atoms with Gasteiger partial charge in [-0.3, -0.25) is 0 Å². The van der Waals surface area contributed by atoms with E-state index in [1.807, 2.05) is 0 Å². The first-order valence-electron chi connectivity index (χ1n) is 6.00. The predicted octanol–water partition coefficient (Wildman–Crippen LogP) is 1.44. The molecule has 0 unspecified atom stereocenters. The van der Waals surface area contributed by atoms with Crippen molar-refractivity contribution in [3.63, 3.8) is 0 Å². The number of likely N-dealkylation sites (N-methyl/N-ethyl adjacent to an activating group) is 1. The Morgan fingerprint density at radius 1 is 1.00 bits per heavy atom. The fraction of sp³-hybridized carbons (Fsp3) is 1.00. The zero-order valence-electron chi connectivity index (χ0n) is 10.7. The largest absolute Gasteiger partial charge is 0.383 e. The van der Waals surface area contributed by atoms with Crippen molar-refractivity contribution < 1.29 is 4.74 Å². The van der Waals surface area contributed by atoms with Gasteiger partial charge in [0.1, 0.15) is 0 Å². The summed E-state index contributed by atoms with van der Waals surface area (Å²) in [6.45, 7) is 1.91. The van der Waals surface area contributed by atoms with Crippen molar-refractivity contribution in [2.24, 2.45) is 0 Å². The van der Waals surface area contributed by atoms with Crippen LogP contribution in [0.2, 0.25) is 0 Å². The van der Waals surface area contributed by atoms with Gasteiger partial charge in [-0.1, -0.05) is 0 Å². The number of methoxy groups -OCH3 is 1. The molecule has 90 valence electrons. The van der Waals surface area contributed by atoms with Gasteiger partial charge < -0.3 is 14.5 Å². The summed E-state index contributed by atoms with van der Waals surface area (Å²) in [5, 5.41) is 0. The molecule has 0 atom stereocenters. The monoisotopic (exact) mass is 214 g/mol. The molecule has 0 radical (unpaired) electrons. The molecule has 0 amide bonds. The van der Waals surface area contributed by atoms with Crippen LogP contribution in [0.1, 0.15) is 25.7 Å². The summed E-state index contributed by atoms with van der Waals surface area (Å²) in [6.07, 6.45) is 5.36. The van der Waals surface area contributed by atoms with Gasteiger partial charge in [0.15, 0.2) is 0 Å². The summed E-state index contributed by atoms with van der Waals surface area (Å²) >= 11 is 0. The third-order valence-corrected chi connectivity index (χ3v) is 3.67. The van der Waals surface area contributed by atoms with E-state index in [2.05, 4.69) is 30.9 Å². The maximum atomic E-state index is 5.11. The Bertz CT molecular complexity index is 165. The summed E-state index contributed by atoms with van der Waals surface area (Å²) in [7, 11) is 8.38.